The summed E-state index contributed by atoms with van der Waals surface area (Å²) in [7, 11) is 3.44. The summed E-state index contributed by atoms with van der Waals surface area (Å²) in [5.41, 5.74) is 1.02. The summed E-state index contributed by atoms with van der Waals surface area (Å²) < 4.78 is 13.6. The zero-order valence-corrected chi connectivity index (χ0v) is 18.7. The van der Waals surface area contributed by atoms with Crippen LogP contribution in [0.1, 0.15) is 52.9 Å². The Morgan fingerprint density at radius 3 is 1.40 bits per heavy atom. The molecule has 30 heavy (non-hydrogen) atoms. The van der Waals surface area contributed by atoms with Gasteiger partial charge in [0.15, 0.2) is 0 Å². The molecule has 2 amide bonds. The predicted octanol–water partition coefficient (Wildman–Crippen LogP) is 1.66. The first kappa shape index (κ1) is 23.1. The highest BCUT2D eigenvalue weighted by Gasteiger charge is 2.24. The van der Waals surface area contributed by atoms with Crippen molar-refractivity contribution in [1.29, 1.82) is 0 Å². The van der Waals surface area contributed by atoms with Gasteiger partial charge < -0.3 is 20.1 Å². The Kier molecular flexibility index (Phi) is 6.68. The summed E-state index contributed by atoms with van der Waals surface area (Å²) >= 11 is 0. The maximum atomic E-state index is 12.0. The third-order valence-corrected chi connectivity index (χ3v) is 3.62. The molecule has 0 bridgehead atoms. The number of alkyl carbamates (subject to hydrolysis) is 2. The van der Waals surface area contributed by atoms with Crippen molar-refractivity contribution in [3.8, 4) is 11.4 Å². The molecule has 0 spiro atoms. The molecule has 0 aliphatic rings. The Morgan fingerprint density at radius 1 is 0.767 bits per heavy atom. The summed E-state index contributed by atoms with van der Waals surface area (Å²) in [4.78, 5) is 24.0. The lowest BCUT2D eigenvalue weighted by Crippen LogP contribution is -2.32. The van der Waals surface area contributed by atoms with E-state index >= 15 is 0 Å². The molecule has 0 atom stereocenters. The number of nitrogens with one attached hydrogen (secondary N) is 2. The van der Waals surface area contributed by atoms with Gasteiger partial charge in [-0.3, -0.25) is 0 Å². The maximum Gasteiger partial charge on any atom is 0.407 e. The molecule has 0 saturated heterocycles. The molecule has 2 aromatic rings. The number of rotatable bonds is 5. The number of carbonyl (C=O) groups is 2. The van der Waals surface area contributed by atoms with Gasteiger partial charge in [0.2, 0.25) is 0 Å². The quantitative estimate of drug-likeness (QED) is 0.742. The first-order chi connectivity index (χ1) is 13.8. The molecule has 12 nitrogen and oxygen atoms in total. The van der Waals surface area contributed by atoms with Crippen LogP contribution in [0.2, 0.25) is 0 Å². The second-order valence-corrected chi connectivity index (χ2v) is 8.73. The lowest BCUT2D eigenvalue weighted by Gasteiger charge is -2.19. The highest BCUT2D eigenvalue weighted by Crippen LogP contribution is 2.24. The van der Waals surface area contributed by atoms with E-state index in [1.807, 2.05) is 0 Å². The van der Waals surface area contributed by atoms with Crippen molar-refractivity contribution in [2.75, 3.05) is 0 Å². The predicted molar refractivity (Wildman–Crippen MR) is 107 cm³/mol. The summed E-state index contributed by atoms with van der Waals surface area (Å²) in [6.45, 7) is 10.9. The van der Waals surface area contributed by atoms with Crippen LogP contribution in [0.3, 0.4) is 0 Å². The van der Waals surface area contributed by atoms with Crippen LogP contribution in [0.25, 0.3) is 11.4 Å². The van der Waals surface area contributed by atoms with E-state index < -0.39 is 23.4 Å². The molecular weight excluding hydrogens is 392 g/mol. The van der Waals surface area contributed by atoms with Crippen molar-refractivity contribution in [1.82, 2.24) is 40.6 Å². The molecule has 2 aromatic heterocycles. The lowest BCUT2D eigenvalue weighted by molar-refractivity contribution is 0.0511. The molecule has 2 N–H and O–H groups in total. The van der Waals surface area contributed by atoms with E-state index in [4.69, 9.17) is 9.47 Å². The van der Waals surface area contributed by atoms with Crippen molar-refractivity contribution in [2.45, 2.75) is 65.8 Å². The van der Waals surface area contributed by atoms with Gasteiger partial charge in [-0.1, -0.05) is 10.4 Å². The number of nitrogens with zero attached hydrogens (tertiary/aromatic N) is 6. The Labute approximate surface area is 175 Å². The summed E-state index contributed by atoms with van der Waals surface area (Å²) in [5, 5.41) is 21.7. The Hall–Kier alpha value is -3.18. The zero-order chi connectivity index (χ0) is 22.7. The van der Waals surface area contributed by atoms with E-state index in [2.05, 4.69) is 31.3 Å². The molecule has 2 heterocycles. The Balaban J connectivity index is 2.18. The van der Waals surface area contributed by atoms with Crippen LogP contribution in [0.4, 0.5) is 9.59 Å². The van der Waals surface area contributed by atoms with Gasteiger partial charge in [-0.25, -0.2) is 19.0 Å². The van der Waals surface area contributed by atoms with Gasteiger partial charge >= 0.3 is 12.2 Å². The van der Waals surface area contributed by atoms with Gasteiger partial charge in [-0.05, 0) is 41.5 Å². The molecule has 0 fully saturated rings. The van der Waals surface area contributed by atoms with E-state index in [0.29, 0.717) is 22.8 Å². The van der Waals surface area contributed by atoms with Gasteiger partial charge in [0.1, 0.15) is 34.0 Å². The summed E-state index contributed by atoms with van der Waals surface area (Å²) in [6.07, 6.45) is -1.12. The average Bonchev–Trinajstić information content (AvgIpc) is 3.10. The maximum absolute atomic E-state index is 12.0. The monoisotopic (exact) mass is 422 g/mol. The number of amides is 2. The van der Waals surface area contributed by atoms with Crippen molar-refractivity contribution >= 4 is 12.2 Å². The van der Waals surface area contributed by atoms with Crippen LogP contribution in [-0.2, 0) is 36.7 Å². The van der Waals surface area contributed by atoms with E-state index in [1.54, 1.807) is 65.0 Å². The van der Waals surface area contributed by atoms with Gasteiger partial charge in [-0.15, -0.1) is 10.2 Å². The number of aromatic nitrogens is 6. The van der Waals surface area contributed by atoms with E-state index in [1.165, 1.54) is 0 Å². The first-order valence-electron chi connectivity index (χ1n) is 9.48. The molecule has 0 aliphatic heterocycles. The molecular formula is C18H30N8O4. The molecule has 166 valence electrons. The standard InChI is InChI=1S/C18H30N8O4/c1-17(2,3)29-15(27)19-9-11-13(25(7)23-21-11)14-12(22-24-26(14)8)10-20-16(28)30-18(4,5)6/h9-10H2,1-8H3,(H,19,27)(H,20,28). The fraction of sp³-hybridized carbons (Fsp3) is 0.667. The topological polar surface area (TPSA) is 138 Å². The number of hydrogen-bond donors (Lipinski definition) is 2. The zero-order valence-electron chi connectivity index (χ0n) is 18.7. The minimum atomic E-state index is -0.609. The minimum absolute atomic E-state index is 0.0994. The number of carbonyl (C=O) groups excluding carboxylic acids is 2. The third-order valence-electron chi connectivity index (χ3n) is 3.62. The second kappa shape index (κ2) is 8.67. The van der Waals surface area contributed by atoms with Crippen molar-refractivity contribution in [2.24, 2.45) is 14.1 Å². The summed E-state index contributed by atoms with van der Waals surface area (Å²) in [6, 6.07) is 0. The minimum Gasteiger partial charge on any atom is -0.444 e. The fourth-order valence-corrected chi connectivity index (χ4v) is 2.56. The first-order valence-corrected chi connectivity index (χ1v) is 9.48. The lowest BCUT2D eigenvalue weighted by atomic mass is 10.2. The second-order valence-electron chi connectivity index (χ2n) is 8.73. The normalized spacial score (nSPS) is 11.9. The van der Waals surface area contributed by atoms with E-state index in [-0.39, 0.29) is 13.1 Å². The fourth-order valence-electron chi connectivity index (χ4n) is 2.56. The number of hydrogen-bond acceptors (Lipinski definition) is 8. The molecule has 0 aliphatic carbocycles. The average molecular weight is 422 g/mol. The Morgan fingerprint density at radius 2 is 1.10 bits per heavy atom. The molecule has 0 saturated carbocycles. The smallest absolute Gasteiger partial charge is 0.407 e. The third kappa shape index (κ3) is 6.42. The van der Waals surface area contributed by atoms with Crippen molar-refractivity contribution in [3.05, 3.63) is 11.4 Å². The van der Waals surface area contributed by atoms with Gasteiger partial charge in [0.25, 0.3) is 0 Å². The number of ether oxygens (including phenoxy) is 2. The van der Waals surface area contributed by atoms with Gasteiger partial charge in [-0.2, -0.15) is 0 Å². The van der Waals surface area contributed by atoms with Gasteiger partial charge in [0, 0.05) is 14.1 Å². The molecule has 2 rings (SSSR count). The number of aryl methyl sites for hydroxylation is 2. The molecule has 0 aromatic carbocycles. The van der Waals surface area contributed by atoms with Crippen LogP contribution < -0.4 is 10.6 Å². The largest absolute Gasteiger partial charge is 0.444 e. The van der Waals surface area contributed by atoms with Crippen LogP contribution in [0.5, 0.6) is 0 Å². The van der Waals surface area contributed by atoms with Gasteiger partial charge in [0.05, 0.1) is 13.1 Å². The molecule has 12 heteroatoms. The van der Waals surface area contributed by atoms with Crippen molar-refractivity contribution in [3.63, 3.8) is 0 Å². The van der Waals surface area contributed by atoms with Crippen LogP contribution in [-0.4, -0.2) is 53.4 Å². The highest BCUT2D eigenvalue weighted by atomic mass is 16.6. The van der Waals surface area contributed by atoms with Crippen LogP contribution in [0.15, 0.2) is 0 Å². The molecule has 0 unspecified atom stereocenters. The SMILES string of the molecule is Cn1nnc(CNC(=O)OC(C)(C)C)c1-c1c(CNC(=O)OC(C)(C)C)nnn1C. The van der Waals surface area contributed by atoms with Crippen LogP contribution in [0, 0.1) is 0 Å². The highest BCUT2D eigenvalue weighted by molar-refractivity contribution is 5.69. The Bertz CT molecular complexity index is 830. The van der Waals surface area contributed by atoms with E-state index in [0.717, 1.165) is 0 Å². The van der Waals surface area contributed by atoms with Crippen molar-refractivity contribution < 1.29 is 19.1 Å². The molecule has 0 radical (unpaired) electrons. The summed E-state index contributed by atoms with van der Waals surface area (Å²) in [5.74, 6) is 0. The van der Waals surface area contributed by atoms with Crippen LogP contribution >= 0.6 is 0 Å². The van der Waals surface area contributed by atoms with E-state index in [9.17, 15) is 9.59 Å².